The largest absolute Gasteiger partial charge is 0.508 e. The number of hydrogen-bond acceptors (Lipinski definition) is 3. The molecule has 4 heteroatoms. The van der Waals surface area contributed by atoms with Crippen LogP contribution in [0.25, 0.3) is 0 Å². The van der Waals surface area contributed by atoms with Crippen LogP contribution in [0.2, 0.25) is 5.02 Å². The molecule has 0 saturated heterocycles. The van der Waals surface area contributed by atoms with E-state index >= 15 is 0 Å². The Labute approximate surface area is 111 Å². The van der Waals surface area contributed by atoms with Gasteiger partial charge in [-0.2, -0.15) is 0 Å². The Morgan fingerprint density at radius 2 is 2.00 bits per heavy atom. The predicted molar refractivity (Wildman–Crippen MR) is 76.1 cm³/mol. The summed E-state index contributed by atoms with van der Waals surface area (Å²) in [4.78, 5) is 2.03. The number of phenolic OH excluding ortho intramolecular Hbond substituents is 1. The van der Waals surface area contributed by atoms with Gasteiger partial charge < -0.3 is 15.7 Å². The maximum absolute atomic E-state index is 9.44. The standard InChI is InChI=1S/C14H15ClN2O/c1-17(11-3-2-4-12(18)8-11)9-10-5-6-13(15)14(16)7-10/h2-8,18H,9,16H2,1H3. The van der Waals surface area contributed by atoms with Crippen molar-refractivity contribution >= 4 is 23.0 Å². The fourth-order valence-corrected chi connectivity index (χ4v) is 1.90. The molecule has 94 valence electrons. The van der Waals surface area contributed by atoms with Crippen molar-refractivity contribution in [2.75, 3.05) is 17.7 Å². The summed E-state index contributed by atoms with van der Waals surface area (Å²) in [7, 11) is 1.96. The van der Waals surface area contributed by atoms with Gasteiger partial charge in [-0.1, -0.05) is 23.7 Å². The topological polar surface area (TPSA) is 49.5 Å². The van der Waals surface area contributed by atoms with Crippen LogP contribution in [0.4, 0.5) is 11.4 Å². The van der Waals surface area contributed by atoms with E-state index in [-0.39, 0.29) is 5.75 Å². The summed E-state index contributed by atoms with van der Waals surface area (Å²) in [6, 6.07) is 12.7. The first-order valence-electron chi connectivity index (χ1n) is 5.60. The zero-order valence-electron chi connectivity index (χ0n) is 10.1. The molecule has 18 heavy (non-hydrogen) atoms. The van der Waals surface area contributed by atoms with Crippen molar-refractivity contribution in [1.29, 1.82) is 0 Å². The first-order valence-corrected chi connectivity index (χ1v) is 5.98. The van der Waals surface area contributed by atoms with Crippen molar-refractivity contribution in [3.63, 3.8) is 0 Å². The zero-order chi connectivity index (χ0) is 13.1. The van der Waals surface area contributed by atoms with Gasteiger partial charge in [0.05, 0.1) is 10.7 Å². The van der Waals surface area contributed by atoms with Gasteiger partial charge in [0.1, 0.15) is 5.75 Å². The summed E-state index contributed by atoms with van der Waals surface area (Å²) >= 11 is 5.88. The molecule has 0 radical (unpaired) electrons. The molecular formula is C14H15ClN2O. The molecule has 0 atom stereocenters. The second-order valence-corrected chi connectivity index (χ2v) is 4.64. The lowest BCUT2D eigenvalue weighted by Crippen LogP contribution is -2.16. The summed E-state index contributed by atoms with van der Waals surface area (Å²) in [5.41, 5.74) is 8.37. The van der Waals surface area contributed by atoms with Crippen LogP contribution >= 0.6 is 11.6 Å². The number of phenols is 1. The lowest BCUT2D eigenvalue weighted by molar-refractivity contribution is 0.475. The quantitative estimate of drug-likeness (QED) is 0.835. The van der Waals surface area contributed by atoms with Gasteiger partial charge in [-0.3, -0.25) is 0 Å². The molecule has 0 aliphatic heterocycles. The zero-order valence-corrected chi connectivity index (χ0v) is 10.9. The highest BCUT2D eigenvalue weighted by Gasteiger charge is 2.04. The molecule has 0 aromatic heterocycles. The van der Waals surface area contributed by atoms with E-state index in [2.05, 4.69) is 0 Å². The number of hydrogen-bond donors (Lipinski definition) is 2. The van der Waals surface area contributed by atoms with Crippen LogP contribution in [0.5, 0.6) is 5.75 Å². The average Bonchev–Trinajstić information content (AvgIpc) is 2.34. The summed E-state index contributed by atoms with van der Waals surface area (Å²) in [5, 5.41) is 10.0. The summed E-state index contributed by atoms with van der Waals surface area (Å²) in [5.74, 6) is 0.259. The van der Waals surface area contributed by atoms with Crippen molar-refractivity contribution in [2.45, 2.75) is 6.54 Å². The minimum Gasteiger partial charge on any atom is -0.508 e. The Hall–Kier alpha value is -1.87. The minimum atomic E-state index is 0.259. The number of nitrogens with two attached hydrogens (primary N) is 1. The Balaban J connectivity index is 2.16. The monoisotopic (exact) mass is 262 g/mol. The highest BCUT2D eigenvalue weighted by molar-refractivity contribution is 6.33. The van der Waals surface area contributed by atoms with Crippen molar-refractivity contribution in [3.05, 3.63) is 53.1 Å². The summed E-state index contributed by atoms with van der Waals surface area (Å²) in [6.07, 6.45) is 0. The van der Waals surface area contributed by atoms with E-state index in [1.54, 1.807) is 18.2 Å². The normalized spacial score (nSPS) is 10.3. The van der Waals surface area contributed by atoms with Crippen LogP contribution in [-0.4, -0.2) is 12.2 Å². The highest BCUT2D eigenvalue weighted by Crippen LogP contribution is 2.23. The number of benzene rings is 2. The molecule has 0 spiro atoms. The van der Waals surface area contributed by atoms with E-state index in [4.69, 9.17) is 17.3 Å². The van der Waals surface area contributed by atoms with E-state index < -0.39 is 0 Å². The second kappa shape index (κ2) is 5.19. The van der Waals surface area contributed by atoms with Gasteiger partial charge in [-0.25, -0.2) is 0 Å². The van der Waals surface area contributed by atoms with Gasteiger partial charge >= 0.3 is 0 Å². The number of anilines is 2. The van der Waals surface area contributed by atoms with Gasteiger partial charge in [-0.05, 0) is 29.8 Å². The molecule has 0 saturated carbocycles. The first kappa shape index (κ1) is 12.6. The van der Waals surface area contributed by atoms with E-state index in [9.17, 15) is 5.11 Å². The third-order valence-corrected chi connectivity index (χ3v) is 3.09. The number of halogens is 1. The molecule has 0 fully saturated rings. The fourth-order valence-electron chi connectivity index (χ4n) is 1.79. The second-order valence-electron chi connectivity index (χ2n) is 4.23. The third kappa shape index (κ3) is 2.87. The van der Waals surface area contributed by atoms with E-state index in [1.165, 1.54) is 0 Å². The Morgan fingerprint density at radius 3 is 2.67 bits per heavy atom. The summed E-state index contributed by atoms with van der Waals surface area (Å²) in [6.45, 7) is 0.699. The molecule has 0 bridgehead atoms. The molecule has 0 heterocycles. The maximum atomic E-state index is 9.44. The number of rotatable bonds is 3. The van der Waals surface area contributed by atoms with Crippen LogP contribution in [0.3, 0.4) is 0 Å². The number of nitrogens with zero attached hydrogens (tertiary/aromatic N) is 1. The van der Waals surface area contributed by atoms with Crippen LogP contribution in [0.1, 0.15) is 5.56 Å². The number of nitrogen functional groups attached to an aromatic ring is 1. The molecule has 2 rings (SSSR count). The van der Waals surface area contributed by atoms with E-state index in [1.807, 2.05) is 36.2 Å². The molecular weight excluding hydrogens is 248 g/mol. The average molecular weight is 263 g/mol. The fraction of sp³-hybridized carbons (Fsp3) is 0.143. The first-order chi connectivity index (χ1) is 8.56. The molecule has 3 nitrogen and oxygen atoms in total. The Bertz CT molecular complexity index is 557. The molecule has 0 amide bonds. The van der Waals surface area contributed by atoms with Crippen LogP contribution in [0.15, 0.2) is 42.5 Å². The van der Waals surface area contributed by atoms with Crippen molar-refractivity contribution < 1.29 is 5.11 Å². The lowest BCUT2D eigenvalue weighted by atomic mass is 10.2. The van der Waals surface area contributed by atoms with Gasteiger partial charge in [-0.15, -0.1) is 0 Å². The molecule has 3 N–H and O–H groups in total. The maximum Gasteiger partial charge on any atom is 0.117 e. The summed E-state index contributed by atoms with van der Waals surface area (Å²) < 4.78 is 0. The molecule has 0 unspecified atom stereocenters. The molecule has 0 aliphatic carbocycles. The van der Waals surface area contributed by atoms with Crippen LogP contribution < -0.4 is 10.6 Å². The van der Waals surface area contributed by atoms with Gasteiger partial charge in [0.25, 0.3) is 0 Å². The predicted octanol–water partition coefficient (Wildman–Crippen LogP) is 3.26. The minimum absolute atomic E-state index is 0.259. The van der Waals surface area contributed by atoms with Crippen molar-refractivity contribution in [1.82, 2.24) is 0 Å². The molecule has 2 aromatic carbocycles. The number of aromatic hydroxyl groups is 1. The molecule has 0 aliphatic rings. The van der Waals surface area contributed by atoms with Crippen molar-refractivity contribution in [2.24, 2.45) is 0 Å². The third-order valence-electron chi connectivity index (χ3n) is 2.75. The Kier molecular flexibility index (Phi) is 3.63. The van der Waals surface area contributed by atoms with Crippen LogP contribution in [0, 0.1) is 0 Å². The van der Waals surface area contributed by atoms with E-state index in [0.717, 1.165) is 11.3 Å². The van der Waals surface area contributed by atoms with Gasteiger partial charge in [0.2, 0.25) is 0 Å². The van der Waals surface area contributed by atoms with Crippen LogP contribution in [-0.2, 0) is 6.54 Å². The SMILES string of the molecule is CN(Cc1ccc(Cl)c(N)c1)c1cccc(O)c1. The highest BCUT2D eigenvalue weighted by atomic mass is 35.5. The molecule has 2 aromatic rings. The van der Waals surface area contributed by atoms with Gasteiger partial charge in [0, 0.05) is 25.3 Å². The van der Waals surface area contributed by atoms with E-state index in [0.29, 0.717) is 17.3 Å². The smallest absolute Gasteiger partial charge is 0.117 e. The lowest BCUT2D eigenvalue weighted by Gasteiger charge is -2.19. The van der Waals surface area contributed by atoms with Gasteiger partial charge in [0.15, 0.2) is 0 Å². The Morgan fingerprint density at radius 1 is 1.22 bits per heavy atom. The van der Waals surface area contributed by atoms with Crippen molar-refractivity contribution in [3.8, 4) is 5.75 Å².